The second kappa shape index (κ2) is 4.72. The summed E-state index contributed by atoms with van der Waals surface area (Å²) in [6, 6.07) is 0.474. The average molecular weight is 210 g/mol. The van der Waals surface area contributed by atoms with Gasteiger partial charge >= 0.3 is 0 Å². The molecule has 1 aliphatic carbocycles. The highest BCUT2D eigenvalue weighted by Crippen LogP contribution is 2.31. The van der Waals surface area contributed by atoms with Crippen molar-refractivity contribution in [2.75, 3.05) is 6.54 Å². The monoisotopic (exact) mass is 210 g/mol. The van der Waals surface area contributed by atoms with Crippen molar-refractivity contribution < 1.29 is 5.11 Å². The lowest BCUT2D eigenvalue weighted by molar-refractivity contribution is 0.152. The van der Waals surface area contributed by atoms with Crippen LogP contribution in [0.2, 0.25) is 0 Å². The largest absolute Gasteiger partial charge is 0.385 e. The fraction of sp³-hybridized carbons (Fsp3) is 0.800. The topological polar surface area (TPSA) is 77.0 Å². The molecule has 15 heavy (non-hydrogen) atoms. The van der Waals surface area contributed by atoms with Crippen LogP contribution in [0, 0.1) is 0 Å². The summed E-state index contributed by atoms with van der Waals surface area (Å²) in [5, 5.41) is 17.7. The molecule has 1 aromatic heterocycles. The molecule has 1 saturated carbocycles. The van der Waals surface area contributed by atoms with Gasteiger partial charge in [-0.15, -0.1) is 10.2 Å². The lowest BCUT2D eigenvalue weighted by atomic mass is 10.2. The van der Waals surface area contributed by atoms with E-state index in [9.17, 15) is 5.11 Å². The van der Waals surface area contributed by atoms with Gasteiger partial charge in [-0.1, -0.05) is 12.8 Å². The van der Waals surface area contributed by atoms with E-state index in [4.69, 9.17) is 5.73 Å². The van der Waals surface area contributed by atoms with E-state index in [1.807, 2.05) is 4.57 Å². The van der Waals surface area contributed by atoms with Crippen LogP contribution in [-0.4, -0.2) is 26.4 Å². The second-order valence-electron chi connectivity index (χ2n) is 4.13. The van der Waals surface area contributed by atoms with E-state index in [0.29, 0.717) is 24.8 Å². The van der Waals surface area contributed by atoms with Gasteiger partial charge in [0.25, 0.3) is 0 Å². The van der Waals surface area contributed by atoms with Crippen LogP contribution in [0.4, 0.5) is 0 Å². The molecule has 2 rings (SSSR count). The first-order chi connectivity index (χ1) is 7.33. The third kappa shape index (κ3) is 2.18. The van der Waals surface area contributed by atoms with Gasteiger partial charge in [-0.3, -0.25) is 0 Å². The maximum atomic E-state index is 9.85. The first-order valence-corrected chi connectivity index (χ1v) is 5.60. The normalized spacial score (nSPS) is 19.6. The number of aliphatic hydroxyl groups is 1. The number of hydrogen-bond acceptors (Lipinski definition) is 4. The zero-order valence-electron chi connectivity index (χ0n) is 8.84. The Hall–Kier alpha value is -0.940. The summed E-state index contributed by atoms with van der Waals surface area (Å²) in [5.41, 5.74) is 5.42. The molecule has 84 valence electrons. The van der Waals surface area contributed by atoms with Crippen molar-refractivity contribution in [1.29, 1.82) is 0 Å². The number of rotatable bonds is 4. The molecule has 0 bridgehead atoms. The van der Waals surface area contributed by atoms with Crippen molar-refractivity contribution in [3.05, 3.63) is 12.2 Å². The first-order valence-electron chi connectivity index (χ1n) is 5.60. The van der Waals surface area contributed by atoms with Gasteiger partial charge in [-0.2, -0.15) is 0 Å². The van der Waals surface area contributed by atoms with Gasteiger partial charge in [0.2, 0.25) is 0 Å². The van der Waals surface area contributed by atoms with Gasteiger partial charge < -0.3 is 15.4 Å². The van der Waals surface area contributed by atoms with E-state index in [1.54, 1.807) is 6.33 Å². The van der Waals surface area contributed by atoms with Crippen LogP contribution in [0.1, 0.15) is 50.1 Å². The van der Waals surface area contributed by atoms with Crippen LogP contribution >= 0.6 is 0 Å². The number of hydrogen-bond donors (Lipinski definition) is 2. The van der Waals surface area contributed by atoms with E-state index >= 15 is 0 Å². The van der Waals surface area contributed by atoms with Crippen LogP contribution in [0.5, 0.6) is 0 Å². The summed E-state index contributed by atoms with van der Waals surface area (Å²) in [7, 11) is 0. The summed E-state index contributed by atoms with van der Waals surface area (Å²) < 4.78 is 2.02. The Morgan fingerprint density at radius 1 is 1.53 bits per heavy atom. The van der Waals surface area contributed by atoms with Gasteiger partial charge in [0.05, 0.1) is 0 Å². The Morgan fingerprint density at radius 2 is 2.27 bits per heavy atom. The molecule has 3 N–H and O–H groups in total. The SMILES string of the molecule is NCCC(O)c1nncn1C1CCCC1. The van der Waals surface area contributed by atoms with E-state index in [0.717, 1.165) is 0 Å². The van der Waals surface area contributed by atoms with Crippen molar-refractivity contribution in [2.24, 2.45) is 5.73 Å². The predicted molar refractivity (Wildman–Crippen MR) is 56.2 cm³/mol. The Bertz CT molecular complexity index is 306. The van der Waals surface area contributed by atoms with Gasteiger partial charge in [0.15, 0.2) is 5.82 Å². The average Bonchev–Trinajstić information content (AvgIpc) is 2.88. The molecule has 0 radical (unpaired) electrons. The molecule has 1 heterocycles. The first kappa shape index (κ1) is 10.6. The Labute approximate surface area is 89.3 Å². The quantitative estimate of drug-likeness (QED) is 0.769. The molecule has 1 atom stereocenters. The van der Waals surface area contributed by atoms with Crippen molar-refractivity contribution >= 4 is 0 Å². The zero-order chi connectivity index (χ0) is 10.7. The van der Waals surface area contributed by atoms with Crippen LogP contribution in [-0.2, 0) is 0 Å². The second-order valence-corrected chi connectivity index (χ2v) is 4.13. The van der Waals surface area contributed by atoms with E-state index in [2.05, 4.69) is 10.2 Å². The molecule has 0 amide bonds. The van der Waals surface area contributed by atoms with Crippen molar-refractivity contribution in [3.63, 3.8) is 0 Å². The number of nitrogens with two attached hydrogens (primary N) is 1. The highest BCUT2D eigenvalue weighted by molar-refractivity contribution is 4.95. The maximum absolute atomic E-state index is 9.85. The molecule has 1 unspecified atom stereocenters. The highest BCUT2D eigenvalue weighted by Gasteiger charge is 2.22. The van der Waals surface area contributed by atoms with Crippen LogP contribution in [0.25, 0.3) is 0 Å². The minimum absolute atomic E-state index is 0.471. The third-order valence-electron chi connectivity index (χ3n) is 3.06. The maximum Gasteiger partial charge on any atom is 0.162 e. The van der Waals surface area contributed by atoms with Crippen LogP contribution in [0.15, 0.2) is 6.33 Å². The third-order valence-corrected chi connectivity index (χ3v) is 3.06. The van der Waals surface area contributed by atoms with Crippen LogP contribution < -0.4 is 5.73 Å². The van der Waals surface area contributed by atoms with E-state index in [1.165, 1.54) is 25.7 Å². The molecule has 0 aromatic carbocycles. The van der Waals surface area contributed by atoms with Crippen molar-refractivity contribution in [2.45, 2.75) is 44.2 Å². The molecule has 1 aliphatic rings. The molecule has 1 fully saturated rings. The summed E-state index contributed by atoms with van der Waals surface area (Å²) in [4.78, 5) is 0. The fourth-order valence-corrected chi connectivity index (χ4v) is 2.24. The Balaban J connectivity index is 2.13. The lowest BCUT2D eigenvalue weighted by Crippen LogP contribution is -2.15. The van der Waals surface area contributed by atoms with Crippen LogP contribution in [0.3, 0.4) is 0 Å². The van der Waals surface area contributed by atoms with E-state index in [-0.39, 0.29) is 0 Å². The predicted octanol–water partition coefficient (Wildman–Crippen LogP) is 0.775. The molecular formula is C10H18N4O. The van der Waals surface area contributed by atoms with Crippen molar-refractivity contribution in [1.82, 2.24) is 14.8 Å². The van der Waals surface area contributed by atoms with Crippen molar-refractivity contribution in [3.8, 4) is 0 Å². The highest BCUT2D eigenvalue weighted by atomic mass is 16.3. The van der Waals surface area contributed by atoms with Gasteiger partial charge in [0, 0.05) is 6.04 Å². The molecule has 0 aliphatic heterocycles. The minimum atomic E-state index is -0.571. The Morgan fingerprint density at radius 3 is 2.93 bits per heavy atom. The number of aliphatic hydroxyl groups excluding tert-OH is 1. The fourth-order valence-electron chi connectivity index (χ4n) is 2.24. The molecule has 5 heteroatoms. The Kier molecular flexibility index (Phi) is 3.33. The standard InChI is InChI=1S/C10H18N4O/c11-6-5-9(15)10-13-12-7-14(10)8-3-1-2-4-8/h7-9,15H,1-6,11H2. The molecule has 0 saturated heterocycles. The summed E-state index contributed by atoms with van der Waals surface area (Å²) in [6.45, 7) is 0.471. The summed E-state index contributed by atoms with van der Waals surface area (Å²) in [5.74, 6) is 0.673. The molecule has 0 spiro atoms. The molecular weight excluding hydrogens is 192 g/mol. The number of nitrogens with zero attached hydrogens (tertiary/aromatic N) is 3. The van der Waals surface area contributed by atoms with E-state index < -0.39 is 6.10 Å². The minimum Gasteiger partial charge on any atom is -0.385 e. The summed E-state index contributed by atoms with van der Waals surface area (Å²) in [6.07, 6.45) is 6.56. The van der Waals surface area contributed by atoms with Gasteiger partial charge in [0.1, 0.15) is 12.4 Å². The lowest BCUT2D eigenvalue weighted by Gasteiger charge is -2.16. The molecule has 5 nitrogen and oxygen atoms in total. The van der Waals surface area contributed by atoms with Gasteiger partial charge in [-0.25, -0.2) is 0 Å². The molecule has 1 aromatic rings. The smallest absolute Gasteiger partial charge is 0.162 e. The number of aromatic nitrogens is 3. The van der Waals surface area contributed by atoms with Gasteiger partial charge in [-0.05, 0) is 25.8 Å². The summed E-state index contributed by atoms with van der Waals surface area (Å²) >= 11 is 0. The zero-order valence-corrected chi connectivity index (χ0v) is 8.84.